The van der Waals surface area contributed by atoms with Crippen LogP contribution >= 0.6 is 0 Å². The van der Waals surface area contributed by atoms with E-state index in [1.165, 1.54) is 19.3 Å². The van der Waals surface area contributed by atoms with Crippen LogP contribution in [0.3, 0.4) is 0 Å². The molecular weight excluding hydrogens is 216 g/mol. The summed E-state index contributed by atoms with van der Waals surface area (Å²) >= 11 is 0. The Balaban J connectivity index is 1.86. The van der Waals surface area contributed by atoms with Gasteiger partial charge < -0.3 is 9.84 Å². The van der Waals surface area contributed by atoms with Crippen molar-refractivity contribution in [1.82, 2.24) is 0 Å². The molecule has 1 aliphatic carbocycles. The SMILES string of the molecule is O=C(O)C(OCCC1CCC1)c1ccccc1. The van der Waals surface area contributed by atoms with E-state index in [-0.39, 0.29) is 0 Å². The van der Waals surface area contributed by atoms with Crippen molar-refractivity contribution in [2.45, 2.75) is 31.8 Å². The number of ether oxygens (including phenoxy) is 1. The van der Waals surface area contributed by atoms with E-state index in [4.69, 9.17) is 9.84 Å². The summed E-state index contributed by atoms with van der Waals surface area (Å²) in [5, 5.41) is 9.14. The van der Waals surface area contributed by atoms with Crippen molar-refractivity contribution >= 4 is 5.97 Å². The van der Waals surface area contributed by atoms with Gasteiger partial charge in [-0.1, -0.05) is 49.6 Å². The molecule has 1 atom stereocenters. The van der Waals surface area contributed by atoms with Crippen molar-refractivity contribution in [2.24, 2.45) is 5.92 Å². The highest BCUT2D eigenvalue weighted by Crippen LogP contribution is 2.30. The van der Waals surface area contributed by atoms with Crippen LogP contribution < -0.4 is 0 Å². The Hall–Kier alpha value is -1.35. The summed E-state index contributed by atoms with van der Waals surface area (Å²) in [6.45, 7) is 0.538. The molecule has 1 fully saturated rings. The summed E-state index contributed by atoms with van der Waals surface area (Å²) in [7, 11) is 0. The van der Waals surface area contributed by atoms with Crippen molar-refractivity contribution in [3.8, 4) is 0 Å². The summed E-state index contributed by atoms with van der Waals surface area (Å²) in [5.74, 6) is -0.162. The Morgan fingerprint density at radius 3 is 2.59 bits per heavy atom. The number of carboxylic acids is 1. The second-order valence-electron chi connectivity index (χ2n) is 4.59. The highest BCUT2D eigenvalue weighted by atomic mass is 16.5. The molecule has 17 heavy (non-hydrogen) atoms. The zero-order valence-electron chi connectivity index (χ0n) is 9.84. The first kappa shape index (κ1) is 12.1. The molecule has 3 heteroatoms. The molecular formula is C14H18O3. The highest BCUT2D eigenvalue weighted by molar-refractivity contribution is 5.74. The average molecular weight is 234 g/mol. The van der Waals surface area contributed by atoms with Crippen LogP contribution in [0, 0.1) is 5.92 Å². The highest BCUT2D eigenvalue weighted by Gasteiger charge is 2.22. The Morgan fingerprint density at radius 2 is 2.06 bits per heavy atom. The van der Waals surface area contributed by atoms with E-state index in [1.54, 1.807) is 12.1 Å². The van der Waals surface area contributed by atoms with Crippen LogP contribution in [0.1, 0.15) is 37.4 Å². The molecule has 0 spiro atoms. The van der Waals surface area contributed by atoms with Crippen LogP contribution in [0.2, 0.25) is 0 Å². The Bertz CT molecular complexity index is 357. The predicted octanol–water partition coefficient (Wildman–Crippen LogP) is 3.02. The monoisotopic (exact) mass is 234 g/mol. The standard InChI is InChI=1S/C14H18O3/c15-14(16)13(12-7-2-1-3-8-12)17-10-9-11-5-4-6-11/h1-3,7-8,11,13H,4-6,9-10H2,(H,15,16). The second kappa shape index (κ2) is 5.82. The van der Waals surface area contributed by atoms with Gasteiger partial charge in [-0.2, -0.15) is 0 Å². The summed E-state index contributed by atoms with van der Waals surface area (Å²) in [6, 6.07) is 9.13. The van der Waals surface area contributed by atoms with E-state index in [9.17, 15) is 4.79 Å². The van der Waals surface area contributed by atoms with Crippen LogP contribution in [0.4, 0.5) is 0 Å². The Kier molecular flexibility index (Phi) is 4.15. The van der Waals surface area contributed by atoms with Gasteiger partial charge in [0.25, 0.3) is 0 Å². The van der Waals surface area contributed by atoms with Crippen LogP contribution in [0.15, 0.2) is 30.3 Å². The molecule has 0 radical (unpaired) electrons. The topological polar surface area (TPSA) is 46.5 Å². The smallest absolute Gasteiger partial charge is 0.337 e. The van der Waals surface area contributed by atoms with Crippen molar-refractivity contribution in [3.63, 3.8) is 0 Å². The Labute approximate surface area is 101 Å². The maximum absolute atomic E-state index is 11.1. The first-order chi connectivity index (χ1) is 8.27. The van der Waals surface area contributed by atoms with Crippen LogP contribution in [0.5, 0.6) is 0 Å². The van der Waals surface area contributed by atoms with Gasteiger partial charge in [0.05, 0.1) is 0 Å². The second-order valence-corrected chi connectivity index (χ2v) is 4.59. The Morgan fingerprint density at radius 1 is 1.35 bits per heavy atom. The third-order valence-electron chi connectivity index (χ3n) is 3.36. The van der Waals surface area contributed by atoms with Gasteiger partial charge in [0.2, 0.25) is 0 Å². The molecule has 1 saturated carbocycles. The summed E-state index contributed by atoms with van der Waals surface area (Å²) in [6.07, 6.45) is 4.01. The van der Waals surface area contributed by atoms with E-state index in [0.717, 1.165) is 12.3 Å². The van der Waals surface area contributed by atoms with Gasteiger partial charge in [-0.05, 0) is 17.9 Å². The summed E-state index contributed by atoms with van der Waals surface area (Å²) in [4.78, 5) is 11.1. The molecule has 1 N–H and O–H groups in total. The van der Waals surface area contributed by atoms with Crippen molar-refractivity contribution in [1.29, 1.82) is 0 Å². The van der Waals surface area contributed by atoms with Crippen LogP contribution in [-0.4, -0.2) is 17.7 Å². The lowest BCUT2D eigenvalue weighted by Gasteiger charge is -2.25. The molecule has 0 bridgehead atoms. The number of aliphatic carboxylic acids is 1. The van der Waals surface area contributed by atoms with E-state index < -0.39 is 12.1 Å². The zero-order chi connectivity index (χ0) is 12.1. The van der Waals surface area contributed by atoms with Gasteiger partial charge in [-0.15, -0.1) is 0 Å². The number of hydrogen-bond acceptors (Lipinski definition) is 2. The lowest BCUT2D eigenvalue weighted by molar-refractivity contribution is -0.151. The van der Waals surface area contributed by atoms with Gasteiger partial charge in [0.1, 0.15) is 0 Å². The van der Waals surface area contributed by atoms with Gasteiger partial charge in [0.15, 0.2) is 6.10 Å². The molecule has 1 unspecified atom stereocenters. The quantitative estimate of drug-likeness (QED) is 0.823. The van der Waals surface area contributed by atoms with Gasteiger partial charge in [-0.3, -0.25) is 0 Å². The maximum Gasteiger partial charge on any atom is 0.337 e. The molecule has 1 aromatic rings. The fourth-order valence-electron chi connectivity index (χ4n) is 2.07. The van der Waals surface area contributed by atoms with Crippen LogP contribution in [0.25, 0.3) is 0 Å². The number of hydrogen-bond donors (Lipinski definition) is 1. The number of benzene rings is 1. The normalized spacial score (nSPS) is 17.4. The number of rotatable bonds is 6. The predicted molar refractivity (Wildman–Crippen MR) is 64.7 cm³/mol. The molecule has 0 aliphatic heterocycles. The fraction of sp³-hybridized carbons (Fsp3) is 0.500. The maximum atomic E-state index is 11.1. The lowest BCUT2D eigenvalue weighted by atomic mass is 9.83. The van der Waals surface area contributed by atoms with Crippen LogP contribution in [-0.2, 0) is 9.53 Å². The molecule has 0 saturated heterocycles. The van der Waals surface area contributed by atoms with Crippen molar-refractivity contribution < 1.29 is 14.6 Å². The number of carbonyl (C=O) groups is 1. The van der Waals surface area contributed by atoms with E-state index in [2.05, 4.69) is 0 Å². The largest absolute Gasteiger partial charge is 0.479 e. The fourth-order valence-corrected chi connectivity index (χ4v) is 2.07. The molecule has 0 heterocycles. The van der Waals surface area contributed by atoms with Gasteiger partial charge in [0, 0.05) is 6.61 Å². The van der Waals surface area contributed by atoms with E-state index in [1.807, 2.05) is 18.2 Å². The van der Waals surface area contributed by atoms with Crippen molar-refractivity contribution in [2.75, 3.05) is 6.61 Å². The van der Waals surface area contributed by atoms with Crippen molar-refractivity contribution in [3.05, 3.63) is 35.9 Å². The third kappa shape index (κ3) is 3.30. The minimum Gasteiger partial charge on any atom is -0.479 e. The van der Waals surface area contributed by atoms with E-state index >= 15 is 0 Å². The van der Waals surface area contributed by atoms with Gasteiger partial charge >= 0.3 is 5.97 Å². The molecule has 0 amide bonds. The van der Waals surface area contributed by atoms with Gasteiger partial charge in [-0.25, -0.2) is 4.79 Å². The molecule has 1 aliphatic rings. The minimum atomic E-state index is -0.912. The first-order valence-electron chi connectivity index (χ1n) is 6.16. The molecule has 2 rings (SSSR count). The molecule has 3 nitrogen and oxygen atoms in total. The first-order valence-corrected chi connectivity index (χ1v) is 6.16. The lowest BCUT2D eigenvalue weighted by Crippen LogP contribution is -2.19. The molecule has 1 aromatic carbocycles. The molecule has 92 valence electrons. The minimum absolute atomic E-state index is 0.538. The average Bonchev–Trinajstić information content (AvgIpc) is 2.27. The number of carboxylic acid groups (broad SMARTS) is 1. The summed E-state index contributed by atoms with van der Waals surface area (Å²) < 4.78 is 5.50. The zero-order valence-corrected chi connectivity index (χ0v) is 9.84. The third-order valence-corrected chi connectivity index (χ3v) is 3.36. The molecule has 0 aromatic heterocycles. The summed E-state index contributed by atoms with van der Waals surface area (Å²) in [5.41, 5.74) is 0.716. The van der Waals surface area contributed by atoms with E-state index in [0.29, 0.717) is 12.2 Å².